The van der Waals surface area contributed by atoms with Gasteiger partial charge in [-0.15, -0.1) is 0 Å². The van der Waals surface area contributed by atoms with E-state index in [9.17, 15) is 4.79 Å². The van der Waals surface area contributed by atoms with Gasteiger partial charge in [0.1, 0.15) is 5.60 Å². The number of nitrogens with one attached hydrogen (secondary N) is 1. The van der Waals surface area contributed by atoms with Crippen molar-refractivity contribution in [2.75, 3.05) is 0 Å². The predicted octanol–water partition coefficient (Wildman–Crippen LogP) is 3.11. The molecule has 0 atom stereocenters. The van der Waals surface area contributed by atoms with E-state index in [0.29, 0.717) is 6.54 Å². The number of hydrogen-bond donors (Lipinski definition) is 1. The summed E-state index contributed by atoms with van der Waals surface area (Å²) in [5, 5.41) is 6.97. The van der Waals surface area contributed by atoms with E-state index >= 15 is 0 Å². The van der Waals surface area contributed by atoms with Crippen LogP contribution in [0.1, 0.15) is 26.3 Å². The molecule has 0 aliphatic carbocycles. The maximum absolute atomic E-state index is 11.7. The molecule has 1 heterocycles. The Hall–Kier alpha value is -2.30. The van der Waals surface area contributed by atoms with Crippen molar-refractivity contribution in [1.29, 1.82) is 0 Å². The second-order valence-corrected chi connectivity index (χ2v) is 5.92. The summed E-state index contributed by atoms with van der Waals surface area (Å²) in [6.07, 6.45) is 3.35. The van der Waals surface area contributed by atoms with Gasteiger partial charge in [-0.1, -0.05) is 24.3 Å². The largest absolute Gasteiger partial charge is 0.444 e. The molecule has 0 saturated carbocycles. The van der Waals surface area contributed by atoms with Crippen LogP contribution in [0.3, 0.4) is 0 Å². The third kappa shape index (κ3) is 4.34. The summed E-state index contributed by atoms with van der Waals surface area (Å²) in [6.45, 7) is 5.95. The molecule has 112 valence electrons. The summed E-state index contributed by atoms with van der Waals surface area (Å²) in [4.78, 5) is 11.7. The summed E-state index contributed by atoms with van der Waals surface area (Å²) in [6, 6.07) is 7.92. The van der Waals surface area contributed by atoms with Gasteiger partial charge < -0.3 is 10.1 Å². The van der Waals surface area contributed by atoms with E-state index in [2.05, 4.69) is 10.4 Å². The Labute approximate surface area is 124 Å². The quantitative estimate of drug-likeness (QED) is 0.943. The minimum Gasteiger partial charge on any atom is -0.444 e. The van der Waals surface area contributed by atoms with Crippen molar-refractivity contribution in [3.05, 3.63) is 42.2 Å². The van der Waals surface area contributed by atoms with Gasteiger partial charge in [0.25, 0.3) is 0 Å². The van der Waals surface area contributed by atoms with E-state index in [4.69, 9.17) is 4.74 Å². The lowest BCUT2D eigenvalue weighted by Gasteiger charge is -2.20. The zero-order valence-corrected chi connectivity index (χ0v) is 12.9. The average molecular weight is 287 g/mol. The smallest absolute Gasteiger partial charge is 0.407 e. The third-order valence-electron chi connectivity index (χ3n) is 2.86. The molecule has 0 radical (unpaired) electrons. The molecule has 0 aliphatic rings. The van der Waals surface area contributed by atoms with Gasteiger partial charge in [0.05, 0.1) is 6.20 Å². The summed E-state index contributed by atoms with van der Waals surface area (Å²) in [5.41, 5.74) is 2.62. The first-order chi connectivity index (χ1) is 9.85. The Kier molecular flexibility index (Phi) is 4.31. The van der Waals surface area contributed by atoms with Crippen LogP contribution in [0.25, 0.3) is 11.1 Å². The Morgan fingerprint density at radius 2 is 2.05 bits per heavy atom. The van der Waals surface area contributed by atoms with Crippen LogP contribution < -0.4 is 5.32 Å². The molecule has 0 fully saturated rings. The van der Waals surface area contributed by atoms with Crippen molar-refractivity contribution in [2.24, 2.45) is 7.05 Å². The zero-order chi connectivity index (χ0) is 15.5. The molecule has 0 unspecified atom stereocenters. The van der Waals surface area contributed by atoms with Crippen molar-refractivity contribution in [1.82, 2.24) is 15.1 Å². The lowest BCUT2D eigenvalue weighted by Crippen LogP contribution is -2.32. The zero-order valence-electron chi connectivity index (χ0n) is 12.9. The maximum atomic E-state index is 11.7. The van der Waals surface area contributed by atoms with Gasteiger partial charge in [0.15, 0.2) is 0 Å². The maximum Gasteiger partial charge on any atom is 0.407 e. The van der Waals surface area contributed by atoms with E-state index in [-0.39, 0.29) is 0 Å². The van der Waals surface area contributed by atoms with Crippen LogP contribution in [0.5, 0.6) is 0 Å². The van der Waals surface area contributed by atoms with Crippen molar-refractivity contribution in [3.63, 3.8) is 0 Å². The van der Waals surface area contributed by atoms with Crippen LogP contribution in [0.15, 0.2) is 36.7 Å². The van der Waals surface area contributed by atoms with Gasteiger partial charge in [-0.05, 0) is 31.9 Å². The van der Waals surface area contributed by atoms with E-state index < -0.39 is 11.7 Å². The number of ether oxygens (including phenoxy) is 1. The van der Waals surface area contributed by atoms with E-state index in [1.54, 1.807) is 4.68 Å². The molecule has 0 aliphatic heterocycles. The Morgan fingerprint density at radius 3 is 2.67 bits per heavy atom. The Bertz CT molecular complexity index is 626. The SMILES string of the molecule is Cn1cc(-c2ccccc2CNC(=O)OC(C)(C)C)cn1. The lowest BCUT2D eigenvalue weighted by atomic mass is 10.0. The first-order valence-corrected chi connectivity index (χ1v) is 6.89. The summed E-state index contributed by atoms with van der Waals surface area (Å²) in [5.74, 6) is 0. The number of benzene rings is 1. The molecule has 2 rings (SSSR count). The highest BCUT2D eigenvalue weighted by Crippen LogP contribution is 2.22. The van der Waals surface area contributed by atoms with Crippen LogP contribution in [0.4, 0.5) is 4.79 Å². The predicted molar refractivity (Wildman–Crippen MR) is 81.7 cm³/mol. The van der Waals surface area contributed by atoms with Crippen molar-refractivity contribution < 1.29 is 9.53 Å². The lowest BCUT2D eigenvalue weighted by molar-refractivity contribution is 0.0523. The Morgan fingerprint density at radius 1 is 1.33 bits per heavy atom. The molecular weight excluding hydrogens is 266 g/mol. The molecule has 1 amide bonds. The highest BCUT2D eigenvalue weighted by Gasteiger charge is 2.16. The van der Waals surface area contributed by atoms with Crippen molar-refractivity contribution in [2.45, 2.75) is 32.9 Å². The molecule has 0 bridgehead atoms. The van der Waals surface area contributed by atoms with Gasteiger partial charge in [0.2, 0.25) is 0 Å². The normalized spacial score (nSPS) is 11.2. The molecule has 0 spiro atoms. The van der Waals surface area contributed by atoms with Gasteiger partial charge in [-0.3, -0.25) is 4.68 Å². The highest BCUT2D eigenvalue weighted by atomic mass is 16.6. The number of aryl methyl sites for hydroxylation is 1. The molecule has 1 aromatic heterocycles. The van der Waals surface area contributed by atoms with Crippen LogP contribution in [0.2, 0.25) is 0 Å². The minimum absolute atomic E-state index is 0.413. The number of carbonyl (C=O) groups is 1. The molecular formula is C16H21N3O2. The first kappa shape index (κ1) is 15.1. The van der Waals surface area contributed by atoms with E-state index in [0.717, 1.165) is 16.7 Å². The van der Waals surface area contributed by atoms with E-state index in [1.165, 1.54) is 0 Å². The molecule has 5 nitrogen and oxygen atoms in total. The fourth-order valence-corrected chi connectivity index (χ4v) is 2.00. The van der Waals surface area contributed by atoms with E-state index in [1.807, 2.05) is 64.5 Å². The Balaban J connectivity index is 2.09. The van der Waals surface area contributed by atoms with Crippen molar-refractivity contribution >= 4 is 6.09 Å². The molecule has 2 aromatic rings. The highest BCUT2D eigenvalue weighted by molar-refractivity contribution is 5.70. The van der Waals surface area contributed by atoms with Crippen LogP contribution in [-0.4, -0.2) is 21.5 Å². The van der Waals surface area contributed by atoms with Gasteiger partial charge in [-0.2, -0.15) is 5.10 Å². The van der Waals surface area contributed by atoms with Crippen LogP contribution in [0, 0.1) is 0 Å². The fraction of sp³-hybridized carbons (Fsp3) is 0.375. The number of alkyl carbamates (subject to hydrolysis) is 1. The fourth-order valence-electron chi connectivity index (χ4n) is 2.00. The van der Waals surface area contributed by atoms with Gasteiger partial charge in [0, 0.05) is 25.4 Å². The average Bonchev–Trinajstić information content (AvgIpc) is 2.81. The van der Waals surface area contributed by atoms with Gasteiger partial charge >= 0.3 is 6.09 Å². The second-order valence-electron chi connectivity index (χ2n) is 5.92. The van der Waals surface area contributed by atoms with Crippen molar-refractivity contribution in [3.8, 4) is 11.1 Å². The number of aromatic nitrogens is 2. The number of carbonyl (C=O) groups excluding carboxylic acids is 1. The number of rotatable bonds is 3. The van der Waals surface area contributed by atoms with Crippen LogP contribution in [-0.2, 0) is 18.3 Å². The van der Waals surface area contributed by atoms with Crippen LogP contribution >= 0.6 is 0 Å². The molecule has 0 saturated heterocycles. The number of nitrogens with zero attached hydrogens (tertiary/aromatic N) is 2. The third-order valence-corrected chi connectivity index (χ3v) is 2.86. The molecule has 1 N–H and O–H groups in total. The summed E-state index contributed by atoms with van der Waals surface area (Å²) >= 11 is 0. The summed E-state index contributed by atoms with van der Waals surface area (Å²) in [7, 11) is 1.88. The number of hydrogen-bond acceptors (Lipinski definition) is 3. The standard InChI is InChI=1S/C16H21N3O2/c1-16(2,3)21-15(20)17-9-12-7-5-6-8-14(12)13-10-18-19(4)11-13/h5-8,10-11H,9H2,1-4H3,(H,17,20). The second kappa shape index (κ2) is 5.99. The molecule has 5 heteroatoms. The summed E-state index contributed by atoms with van der Waals surface area (Å²) < 4.78 is 7.00. The van der Waals surface area contributed by atoms with Gasteiger partial charge in [-0.25, -0.2) is 4.79 Å². The monoisotopic (exact) mass is 287 g/mol. The molecule has 21 heavy (non-hydrogen) atoms. The minimum atomic E-state index is -0.493. The topological polar surface area (TPSA) is 56.2 Å². The first-order valence-electron chi connectivity index (χ1n) is 6.89. The molecule has 1 aromatic carbocycles. The number of amides is 1.